The molecule has 0 aliphatic heterocycles. The van der Waals surface area contributed by atoms with E-state index >= 15 is 0 Å². The van der Waals surface area contributed by atoms with E-state index in [2.05, 4.69) is 21.2 Å². The molecule has 0 radical (unpaired) electrons. The molecular formula is C13H13BrN2O5. The van der Waals surface area contributed by atoms with Gasteiger partial charge >= 0.3 is 5.97 Å². The lowest BCUT2D eigenvalue weighted by atomic mass is 10.1. The lowest BCUT2D eigenvalue weighted by Gasteiger charge is -2.06. The number of carboxylic acid groups (broad SMARTS) is 1. The van der Waals surface area contributed by atoms with Crippen molar-refractivity contribution in [3.63, 3.8) is 0 Å². The molecule has 2 atom stereocenters. The summed E-state index contributed by atoms with van der Waals surface area (Å²) in [6.07, 6.45) is 0. The Balaban J connectivity index is 2.17. The third kappa shape index (κ3) is 2.76. The molecule has 2 N–H and O–H groups in total. The van der Waals surface area contributed by atoms with E-state index in [4.69, 9.17) is 5.11 Å². The van der Waals surface area contributed by atoms with Crippen LogP contribution in [0, 0.1) is 27.4 Å². The van der Waals surface area contributed by atoms with E-state index in [1.165, 1.54) is 18.2 Å². The van der Waals surface area contributed by atoms with Gasteiger partial charge in [0, 0.05) is 11.8 Å². The second-order valence-electron chi connectivity index (χ2n) is 5.53. The van der Waals surface area contributed by atoms with E-state index in [9.17, 15) is 19.7 Å². The maximum atomic E-state index is 12.1. The second kappa shape index (κ2) is 5.10. The predicted octanol–water partition coefficient (Wildman–Crippen LogP) is 2.65. The number of nitro groups is 1. The fraction of sp³-hybridized carbons (Fsp3) is 0.385. The van der Waals surface area contributed by atoms with Gasteiger partial charge in [-0.15, -0.1) is 0 Å². The Kier molecular flexibility index (Phi) is 3.75. The van der Waals surface area contributed by atoms with Gasteiger partial charge in [0.25, 0.3) is 5.69 Å². The summed E-state index contributed by atoms with van der Waals surface area (Å²) in [6.45, 7) is 3.42. The number of anilines is 1. The Bertz CT molecular complexity index is 643. The van der Waals surface area contributed by atoms with Crippen molar-refractivity contribution >= 4 is 39.2 Å². The summed E-state index contributed by atoms with van der Waals surface area (Å²) < 4.78 is 0.306. The third-order valence-corrected chi connectivity index (χ3v) is 4.46. The van der Waals surface area contributed by atoms with Gasteiger partial charge < -0.3 is 10.4 Å². The van der Waals surface area contributed by atoms with Crippen molar-refractivity contribution in [3.05, 3.63) is 32.8 Å². The number of nitrogens with zero attached hydrogens (tertiary/aromatic N) is 1. The quantitative estimate of drug-likeness (QED) is 0.636. The molecule has 21 heavy (non-hydrogen) atoms. The van der Waals surface area contributed by atoms with Crippen molar-refractivity contribution in [3.8, 4) is 0 Å². The third-order valence-electron chi connectivity index (χ3n) is 3.79. The van der Waals surface area contributed by atoms with Crippen LogP contribution in [0.5, 0.6) is 0 Å². The second-order valence-corrected chi connectivity index (χ2v) is 6.38. The van der Waals surface area contributed by atoms with Crippen LogP contribution >= 0.6 is 15.9 Å². The van der Waals surface area contributed by atoms with Crippen molar-refractivity contribution in [2.24, 2.45) is 17.3 Å². The van der Waals surface area contributed by atoms with Gasteiger partial charge in [-0.05, 0) is 33.5 Å². The Labute approximate surface area is 128 Å². The van der Waals surface area contributed by atoms with E-state index in [0.29, 0.717) is 4.47 Å². The Morgan fingerprint density at radius 2 is 2.00 bits per heavy atom. The molecule has 0 aromatic heterocycles. The summed E-state index contributed by atoms with van der Waals surface area (Å²) in [5.74, 6) is -2.83. The number of halogens is 1. The number of hydrogen-bond donors (Lipinski definition) is 2. The lowest BCUT2D eigenvalue weighted by Crippen LogP contribution is -2.17. The van der Waals surface area contributed by atoms with Crippen LogP contribution in [0.1, 0.15) is 13.8 Å². The summed E-state index contributed by atoms with van der Waals surface area (Å²) in [5, 5.41) is 22.4. The summed E-state index contributed by atoms with van der Waals surface area (Å²) in [4.78, 5) is 33.4. The molecule has 8 heteroatoms. The van der Waals surface area contributed by atoms with Gasteiger partial charge in [0.2, 0.25) is 5.91 Å². The summed E-state index contributed by atoms with van der Waals surface area (Å²) in [5.41, 5.74) is -0.517. The molecule has 0 bridgehead atoms. The van der Waals surface area contributed by atoms with E-state index in [1.54, 1.807) is 13.8 Å². The SMILES string of the molecule is CC1(C)C(C(=O)O)C1C(=O)Nc1ccc(Br)c([N+](=O)[O-])c1. The monoisotopic (exact) mass is 356 g/mol. The summed E-state index contributed by atoms with van der Waals surface area (Å²) >= 11 is 3.05. The zero-order valence-corrected chi connectivity index (χ0v) is 12.9. The predicted molar refractivity (Wildman–Crippen MR) is 77.8 cm³/mol. The molecule has 1 aromatic carbocycles. The molecule has 0 heterocycles. The fourth-order valence-corrected chi connectivity index (χ4v) is 2.93. The molecule has 1 aliphatic carbocycles. The topological polar surface area (TPSA) is 110 Å². The van der Waals surface area contributed by atoms with Crippen molar-refractivity contribution in [1.82, 2.24) is 0 Å². The number of hydrogen-bond acceptors (Lipinski definition) is 4. The molecule has 0 saturated heterocycles. The van der Waals surface area contributed by atoms with Gasteiger partial charge in [-0.1, -0.05) is 13.8 Å². The molecular weight excluding hydrogens is 344 g/mol. The molecule has 2 rings (SSSR count). The molecule has 1 aromatic rings. The average molecular weight is 357 g/mol. The molecule has 1 amide bonds. The molecule has 7 nitrogen and oxygen atoms in total. The van der Waals surface area contributed by atoms with Crippen LogP contribution in [0.3, 0.4) is 0 Å². The van der Waals surface area contributed by atoms with Crippen molar-refractivity contribution in [2.75, 3.05) is 5.32 Å². The molecule has 1 fully saturated rings. The highest BCUT2D eigenvalue weighted by molar-refractivity contribution is 9.10. The van der Waals surface area contributed by atoms with Gasteiger partial charge in [0.05, 0.1) is 21.2 Å². The van der Waals surface area contributed by atoms with Crippen LogP contribution in [0.15, 0.2) is 22.7 Å². The minimum absolute atomic E-state index is 0.169. The molecule has 0 spiro atoms. The largest absolute Gasteiger partial charge is 0.481 e. The highest BCUT2D eigenvalue weighted by atomic mass is 79.9. The summed E-state index contributed by atoms with van der Waals surface area (Å²) in [6, 6.07) is 4.20. The highest BCUT2D eigenvalue weighted by Gasteiger charge is 2.65. The maximum absolute atomic E-state index is 12.1. The van der Waals surface area contributed by atoms with Crippen LogP contribution in [0.25, 0.3) is 0 Å². The van der Waals surface area contributed by atoms with Crippen molar-refractivity contribution in [1.29, 1.82) is 0 Å². The first kappa shape index (κ1) is 15.4. The van der Waals surface area contributed by atoms with E-state index in [0.717, 1.165) is 0 Å². The first-order chi connectivity index (χ1) is 9.66. The first-order valence-electron chi connectivity index (χ1n) is 6.14. The number of aliphatic carboxylic acids is 1. The minimum atomic E-state index is -1.01. The van der Waals surface area contributed by atoms with Crippen LogP contribution in [-0.4, -0.2) is 21.9 Å². The fourth-order valence-electron chi connectivity index (χ4n) is 2.54. The number of nitro benzene ring substituents is 1. The number of carboxylic acids is 1. The highest BCUT2D eigenvalue weighted by Crippen LogP contribution is 2.58. The number of amides is 1. The number of carbonyl (C=O) groups excluding carboxylic acids is 1. The normalized spacial score (nSPS) is 22.4. The number of benzene rings is 1. The van der Waals surface area contributed by atoms with Gasteiger partial charge in [-0.25, -0.2) is 0 Å². The van der Waals surface area contributed by atoms with E-state index < -0.39 is 34.1 Å². The Morgan fingerprint density at radius 3 is 2.48 bits per heavy atom. The number of carbonyl (C=O) groups is 2. The van der Waals surface area contributed by atoms with E-state index in [1.807, 2.05) is 0 Å². The Hall–Kier alpha value is -1.96. The van der Waals surface area contributed by atoms with Crippen LogP contribution in [-0.2, 0) is 9.59 Å². The van der Waals surface area contributed by atoms with Crippen molar-refractivity contribution < 1.29 is 19.6 Å². The molecule has 1 aliphatic rings. The average Bonchev–Trinajstić information content (AvgIpc) is 2.94. The van der Waals surface area contributed by atoms with Crippen LogP contribution < -0.4 is 5.32 Å². The number of nitrogens with one attached hydrogen (secondary N) is 1. The van der Waals surface area contributed by atoms with Crippen molar-refractivity contribution in [2.45, 2.75) is 13.8 Å². The Morgan fingerprint density at radius 1 is 1.38 bits per heavy atom. The van der Waals surface area contributed by atoms with Crippen LogP contribution in [0.4, 0.5) is 11.4 Å². The van der Waals surface area contributed by atoms with E-state index in [-0.39, 0.29) is 11.4 Å². The van der Waals surface area contributed by atoms with Gasteiger partial charge in [-0.3, -0.25) is 19.7 Å². The van der Waals surface area contributed by atoms with Gasteiger partial charge in [0.1, 0.15) is 0 Å². The zero-order valence-electron chi connectivity index (χ0n) is 11.3. The minimum Gasteiger partial charge on any atom is -0.481 e. The maximum Gasteiger partial charge on any atom is 0.307 e. The molecule has 1 saturated carbocycles. The van der Waals surface area contributed by atoms with Gasteiger partial charge in [-0.2, -0.15) is 0 Å². The summed E-state index contributed by atoms with van der Waals surface area (Å²) in [7, 11) is 0. The lowest BCUT2D eigenvalue weighted by molar-refractivity contribution is -0.385. The van der Waals surface area contributed by atoms with Gasteiger partial charge in [0.15, 0.2) is 0 Å². The van der Waals surface area contributed by atoms with Crippen LogP contribution in [0.2, 0.25) is 0 Å². The first-order valence-corrected chi connectivity index (χ1v) is 6.93. The smallest absolute Gasteiger partial charge is 0.307 e. The standard InChI is InChI=1S/C13H13BrN2O5/c1-13(2)9(10(13)12(18)19)11(17)15-6-3-4-7(14)8(5-6)16(20)21/h3-5,9-10H,1-2H3,(H,15,17)(H,18,19). The molecule has 112 valence electrons. The number of rotatable bonds is 4. The zero-order chi connectivity index (χ0) is 15.9. The molecule has 2 unspecified atom stereocenters.